The first-order valence-electron chi connectivity index (χ1n) is 7.26. The summed E-state index contributed by atoms with van der Waals surface area (Å²) in [5.74, 6) is 0.577. The second-order valence-corrected chi connectivity index (χ2v) is 6.61. The molecule has 0 fully saturated rings. The van der Waals surface area contributed by atoms with Gasteiger partial charge >= 0.3 is 0 Å². The average Bonchev–Trinajstić information content (AvgIpc) is 2.82. The van der Waals surface area contributed by atoms with E-state index in [4.69, 9.17) is 9.88 Å². The molecule has 21 heavy (non-hydrogen) atoms. The summed E-state index contributed by atoms with van der Waals surface area (Å²) in [7, 11) is -3.78. The van der Waals surface area contributed by atoms with Gasteiger partial charge in [0.1, 0.15) is 10.6 Å². The fourth-order valence-electron chi connectivity index (χ4n) is 2.34. The van der Waals surface area contributed by atoms with Crippen molar-refractivity contribution in [1.29, 1.82) is 0 Å². The van der Waals surface area contributed by atoms with Crippen molar-refractivity contribution in [2.75, 3.05) is 6.61 Å². The van der Waals surface area contributed by atoms with E-state index in [9.17, 15) is 8.42 Å². The number of hydrogen-bond donors (Lipinski definition) is 1. The van der Waals surface area contributed by atoms with Crippen LogP contribution in [-0.4, -0.2) is 19.6 Å². The van der Waals surface area contributed by atoms with Gasteiger partial charge in [-0.3, -0.25) is 0 Å². The van der Waals surface area contributed by atoms with Gasteiger partial charge in [-0.05, 0) is 25.0 Å². The Morgan fingerprint density at radius 1 is 1.24 bits per heavy atom. The standard InChI is InChI=1S/C15H22N2O3S/c1-3-5-9-17-11-14(21(16,18)19)15-12(17)7-6-8-13(15)20-10-4-2/h6-8,11H,3-5,9-10H2,1-2H3,(H2,16,18,19). The SMILES string of the molecule is CCCCn1cc(S(N)(=O)=O)c2c(OCCC)cccc21. The highest BCUT2D eigenvalue weighted by molar-refractivity contribution is 7.89. The van der Waals surface area contributed by atoms with Crippen LogP contribution >= 0.6 is 0 Å². The number of nitrogens with zero attached hydrogens (tertiary/aromatic N) is 1. The second kappa shape index (κ2) is 6.49. The molecule has 0 bridgehead atoms. The molecule has 1 aromatic heterocycles. The van der Waals surface area contributed by atoms with Crippen molar-refractivity contribution in [1.82, 2.24) is 4.57 Å². The molecule has 116 valence electrons. The van der Waals surface area contributed by atoms with Crippen LogP contribution in [0.5, 0.6) is 5.75 Å². The Morgan fingerprint density at radius 2 is 2.00 bits per heavy atom. The maximum Gasteiger partial charge on any atom is 0.240 e. The molecular formula is C15H22N2O3S. The molecule has 2 aromatic rings. The van der Waals surface area contributed by atoms with Crippen LogP contribution in [0.2, 0.25) is 0 Å². The van der Waals surface area contributed by atoms with E-state index in [0.29, 0.717) is 17.7 Å². The van der Waals surface area contributed by atoms with Gasteiger partial charge in [0.05, 0.1) is 17.5 Å². The number of rotatable bonds is 7. The summed E-state index contributed by atoms with van der Waals surface area (Å²) in [5, 5.41) is 5.95. The molecule has 5 nitrogen and oxygen atoms in total. The first-order chi connectivity index (χ1) is 9.99. The molecule has 0 radical (unpaired) electrons. The van der Waals surface area contributed by atoms with Crippen molar-refractivity contribution >= 4 is 20.9 Å². The predicted molar refractivity (Wildman–Crippen MR) is 84.0 cm³/mol. The Balaban J connectivity index is 2.63. The fraction of sp³-hybridized carbons (Fsp3) is 0.467. The molecule has 0 saturated heterocycles. The van der Waals surface area contributed by atoms with E-state index in [2.05, 4.69) is 6.92 Å². The lowest BCUT2D eigenvalue weighted by molar-refractivity contribution is 0.321. The molecule has 0 saturated carbocycles. The van der Waals surface area contributed by atoms with Crippen LogP contribution in [0, 0.1) is 0 Å². The van der Waals surface area contributed by atoms with Crippen molar-refractivity contribution in [2.24, 2.45) is 5.14 Å². The van der Waals surface area contributed by atoms with Gasteiger partial charge < -0.3 is 9.30 Å². The number of aryl methyl sites for hydroxylation is 1. The van der Waals surface area contributed by atoms with Gasteiger partial charge in [-0.25, -0.2) is 13.6 Å². The lowest BCUT2D eigenvalue weighted by Crippen LogP contribution is -2.12. The Labute approximate surface area is 125 Å². The second-order valence-electron chi connectivity index (χ2n) is 5.08. The molecular weight excluding hydrogens is 288 g/mol. The molecule has 0 aliphatic carbocycles. The smallest absolute Gasteiger partial charge is 0.240 e. The number of aromatic nitrogens is 1. The van der Waals surface area contributed by atoms with Crippen LogP contribution in [-0.2, 0) is 16.6 Å². The summed E-state index contributed by atoms with van der Waals surface area (Å²) in [4.78, 5) is 0.139. The maximum absolute atomic E-state index is 11.9. The average molecular weight is 310 g/mol. The Bertz CT molecular complexity index is 720. The summed E-state index contributed by atoms with van der Waals surface area (Å²) in [5.41, 5.74) is 0.848. The van der Waals surface area contributed by atoms with Crippen LogP contribution in [0.3, 0.4) is 0 Å². The van der Waals surface area contributed by atoms with Crippen molar-refractivity contribution in [3.8, 4) is 5.75 Å². The van der Waals surface area contributed by atoms with Gasteiger partial charge in [0, 0.05) is 12.7 Å². The summed E-state index contributed by atoms with van der Waals surface area (Å²) in [6.07, 6.45) is 4.50. The zero-order chi connectivity index (χ0) is 15.5. The molecule has 0 unspecified atom stereocenters. The first-order valence-corrected chi connectivity index (χ1v) is 8.81. The Kier molecular flexibility index (Phi) is 4.90. The zero-order valence-corrected chi connectivity index (χ0v) is 13.3. The number of ether oxygens (including phenoxy) is 1. The predicted octanol–water partition coefficient (Wildman–Crippen LogP) is 2.88. The van der Waals surface area contributed by atoms with E-state index < -0.39 is 10.0 Å². The maximum atomic E-state index is 11.9. The van der Waals surface area contributed by atoms with E-state index in [1.54, 1.807) is 12.3 Å². The van der Waals surface area contributed by atoms with Crippen LogP contribution in [0.15, 0.2) is 29.3 Å². The van der Waals surface area contributed by atoms with Crippen LogP contribution in [0.25, 0.3) is 10.9 Å². The number of primary sulfonamides is 1. The highest BCUT2D eigenvalue weighted by Gasteiger charge is 2.20. The molecule has 1 heterocycles. The molecule has 1 aromatic carbocycles. The Hall–Kier alpha value is -1.53. The highest BCUT2D eigenvalue weighted by Crippen LogP contribution is 2.33. The largest absolute Gasteiger partial charge is 0.493 e. The number of unbranched alkanes of at least 4 members (excludes halogenated alkanes) is 1. The minimum Gasteiger partial charge on any atom is -0.493 e. The third-order valence-electron chi connectivity index (χ3n) is 3.35. The van der Waals surface area contributed by atoms with Crippen molar-refractivity contribution in [3.63, 3.8) is 0 Å². The molecule has 0 spiro atoms. The number of hydrogen-bond acceptors (Lipinski definition) is 3. The minimum absolute atomic E-state index is 0.139. The van der Waals surface area contributed by atoms with Gasteiger partial charge in [-0.2, -0.15) is 0 Å². The van der Waals surface area contributed by atoms with E-state index >= 15 is 0 Å². The third kappa shape index (κ3) is 3.39. The molecule has 0 amide bonds. The van der Waals surface area contributed by atoms with Gasteiger partial charge in [0.2, 0.25) is 10.0 Å². The van der Waals surface area contributed by atoms with Gasteiger partial charge in [-0.1, -0.05) is 26.3 Å². The first kappa shape index (κ1) is 15.9. The highest BCUT2D eigenvalue weighted by atomic mass is 32.2. The quantitative estimate of drug-likeness (QED) is 0.854. The lowest BCUT2D eigenvalue weighted by atomic mass is 10.2. The molecule has 0 atom stereocenters. The van der Waals surface area contributed by atoms with Crippen molar-refractivity contribution < 1.29 is 13.2 Å². The summed E-state index contributed by atoms with van der Waals surface area (Å²) in [6, 6.07) is 5.57. The Morgan fingerprint density at radius 3 is 2.62 bits per heavy atom. The van der Waals surface area contributed by atoms with E-state index in [-0.39, 0.29) is 4.90 Å². The molecule has 6 heteroatoms. The van der Waals surface area contributed by atoms with Crippen LogP contribution in [0.4, 0.5) is 0 Å². The number of benzene rings is 1. The van der Waals surface area contributed by atoms with Crippen LogP contribution < -0.4 is 9.88 Å². The summed E-state index contributed by atoms with van der Waals surface area (Å²) in [6.45, 7) is 5.41. The topological polar surface area (TPSA) is 74.3 Å². The molecule has 2 N–H and O–H groups in total. The molecule has 0 aliphatic heterocycles. The van der Waals surface area contributed by atoms with E-state index in [1.165, 1.54) is 0 Å². The molecule has 2 rings (SSSR count). The van der Waals surface area contributed by atoms with Gasteiger partial charge in [0.25, 0.3) is 0 Å². The molecule has 0 aliphatic rings. The van der Waals surface area contributed by atoms with E-state index in [0.717, 1.165) is 31.3 Å². The van der Waals surface area contributed by atoms with Crippen molar-refractivity contribution in [3.05, 3.63) is 24.4 Å². The van der Waals surface area contributed by atoms with Crippen LogP contribution in [0.1, 0.15) is 33.1 Å². The third-order valence-corrected chi connectivity index (χ3v) is 4.28. The minimum atomic E-state index is -3.78. The zero-order valence-electron chi connectivity index (χ0n) is 12.5. The fourth-order valence-corrected chi connectivity index (χ4v) is 3.11. The monoisotopic (exact) mass is 310 g/mol. The number of fused-ring (bicyclic) bond motifs is 1. The van der Waals surface area contributed by atoms with E-state index in [1.807, 2.05) is 23.6 Å². The normalized spacial score (nSPS) is 12.0. The van der Waals surface area contributed by atoms with Gasteiger partial charge in [-0.15, -0.1) is 0 Å². The summed E-state index contributed by atoms with van der Waals surface area (Å²) < 4.78 is 31.4. The van der Waals surface area contributed by atoms with Crippen molar-refractivity contribution in [2.45, 2.75) is 44.6 Å². The van der Waals surface area contributed by atoms with Gasteiger partial charge in [0.15, 0.2) is 0 Å². The summed E-state index contributed by atoms with van der Waals surface area (Å²) >= 11 is 0. The number of nitrogens with two attached hydrogens (primary N) is 1. The number of sulfonamides is 1. The lowest BCUT2D eigenvalue weighted by Gasteiger charge is -2.08.